The number of methoxy groups -OCH3 is 1. The number of amides is 1. The summed E-state index contributed by atoms with van der Waals surface area (Å²) in [6, 6.07) is -0.0964. The van der Waals surface area contributed by atoms with Crippen molar-refractivity contribution in [2.45, 2.75) is 33.4 Å². The Morgan fingerprint density at radius 3 is 2.75 bits per heavy atom. The smallest absolute Gasteiger partial charge is 0.360 e. The lowest BCUT2D eigenvalue weighted by Gasteiger charge is -2.12. The third-order valence-electron chi connectivity index (χ3n) is 2.57. The fourth-order valence-electron chi connectivity index (χ4n) is 1.65. The summed E-state index contributed by atoms with van der Waals surface area (Å²) in [5.41, 5.74) is 0.627. The molecule has 112 valence electrons. The van der Waals surface area contributed by atoms with Gasteiger partial charge in [0.25, 0.3) is 0 Å². The zero-order chi connectivity index (χ0) is 15.1. The van der Waals surface area contributed by atoms with E-state index >= 15 is 0 Å². The predicted molar refractivity (Wildman–Crippen MR) is 70.2 cm³/mol. The summed E-state index contributed by atoms with van der Waals surface area (Å²) < 4.78 is 11.1. The van der Waals surface area contributed by atoms with E-state index in [0.717, 1.165) is 0 Å². The van der Waals surface area contributed by atoms with Crippen LogP contribution in [-0.2, 0) is 20.8 Å². The number of rotatable bonds is 7. The Morgan fingerprint density at radius 1 is 1.45 bits per heavy atom. The quantitative estimate of drug-likeness (QED) is 0.703. The minimum Gasteiger partial charge on any atom is -0.461 e. The molecule has 1 heterocycles. The van der Waals surface area contributed by atoms with Crippen LogP contribution >= 0.6 is 0 Å². The number of nitrogens with zero attached hydrogens (tertiary/aromatic N) is 3. The van der Waals surface area contributed by atoms with Crippen molar-refractivity contribution in [3.8, 4) is 0 Å². The average molecular weight is 284 g/mol. The van der Waals surface area contributed by atoms with Gasteiger partial charge in [0.1, 0.15) is 6.54 Å². The third kappa shape index (κ3) is 4.30. The van der Waals surface area contributed by atoms with Crippen LogP contribution < -0.4 is 5.32 Å². The summed E-state index contributed by atoms with van der Waals surface area (Å²) in [4.78, 5) is 23.4. The number of nitrogens with one attached hydrogen (secondary N) is 1. The van der Waals surface area contributed by atoms with E-state index in [1.54, 1.807) is 21.0 Å². The van der Waals surface area contributed by atoms with E-state index in [0.29, 0.717) is 12.3 Å². The van der Waals surface area contributed by atoms with Gasteiger partial charge in [-0.15, -0.1) is 5.10 Å². The summed E-state index contributed by atoms with van der Waals surface area (Å²) in [5.74, 6) is -0.762. The Labute approximate surface area is 117 Å². The summed E-state index contributed by atoms with van der Waals surface area (Å²) >= 11 is 0. The summed E-state index contributed by atoms with van der Waals surface area (Å²) in [7, 11) is 1.57. The maximum absolute atomic E-state index is 11.8. The molecule has 1 aromatic rings. The lowest BCUT2D eigenvalue weighted by molar-refractivity contribution is -0.122. The number of esters is 1. The molecule has 0 aliphatic heterocycles. The molecule has 0 saturated carbocycles. The van der Waals surface area contributed by atoms with Crippen molar-refractivity contribution in [2.24, 2.45) is 0 Å². The molecule has 0 fully saturated rings. The molecule has 0 bridgehead atoms. The molecule has 1 unspecified atom stereocenters. The van der Waals surface area contributed by atoms with Gasteiger partial charge < -0.3 is 14.8 Å². The second-order valence-electron chi connectivity index (χ2n) is 4.33. The highest BCUT2D eigenvalue weighted by Crippen LogP contribution is 2.05. The maximum atomic E-state index is 11.8. The molecular weight excluding hydrogens is 264 g/mol. The van der Waals surface area contributed by atoms with Crippen LogP contribution in [0.2, 0.25) is 0 Å². The van der Waals surface area contributed by atoms with Crippen molar-refractivity contribution in [3.05, 3.63) is 11.4 Å². The van der Waals surface area contributed by atoms with Crippen LogP contribution in [0, 0.1) is 6.92 Å². The van der Waals surface area contributed by atoms with Crippen molar-refractivity contribution in [1.29, 1.82) is 0 Å². The van der Waals surface area contributed by atoms with Crippen LogP contribution in [0.5, 0.6) is 0 Å². The minimum absolute atomic E-state index is 0.00765. The monoisotopic (exact) mass is 284 g/mol. The Kier molecular flexibility index (Phi) is 6.10. The minimum atomic E-state index is -0.538. The molecule has 8 nitrogen and oxygen atoms in total. The second kappa shape index (κ2) is 7.59. The van der Waals surface area contributed by atoms with Gasteiger partial charge in [-0.05, 0) is 20.8 Å². The largest absolute Gasteiger partial charge is 0.461 e. The first-order chi connectivity index (χ1) is 9.49. The molecule has 1 atom stereocenters. The predicted octanol–water partition coefficient (Wildman–Crippen LogP) is -0.0857. The van der Waals surface area contributed by atoms with Crippen LogP contribution in [0.3, 0.4) is 0 Å². The van der Waals surface area contributed by atoms with E-state index < -0.39 is 5.97 Å². The first kappa shape index (κ1) is 16.1. The van der Waals surface area contributed by atoms with Crippen LogP contribution in [0.4, 0.5) is 0 Å². The molecule has 1 amide bonds. The lowest BCUT2D eigenvalue weighted by Crippen LogP contribution is -2.38. The van der Waals surface area contributed by atoms with E-state index in [-0.39, 0.29) is 30.8 Å². The SMILES string of the molecule is CCOC(=O)c1nnn(CC(=O)NC(C)COC)c1C. The highest BCUT2D eigenvalue weighted by molar-refractivity contribution is 5.88. The summed E-state index contributed by atoms with van der Waals surface area (Å²) in [5, 5.41) is 10.3. The van der Waals surface area contributed by atoms with Gasteiger partial charge in [-0.1, -0.05) is 5.21 Å². The third-order valence-corrected chi connectivity index (χ3v) is 2.57. The molecule has 1 rings (SSSR count). The van der Waals surface area contributed by atoms with E-state index in [1.807, 2.05) is 6.92 Å². The molecule has 8 heteroatoms. The maximum Gasteiger partial charge on any atom is 0.360 e. The zero-order valence-corrected chi connectivity index (χ0v) is 12.2. The number of hydrogen-bond donors (Lipinski definition) is 1. The Hall–Kier alpha value is -1.96. The molecule has 0 aromatic carbocycles. The number of hydrogen-bond acceptors (Lipinski definition) is 6. The number of aromatic nitrogens is 3. The topological polar surface area (TPSA) is 95.3 Å². The van der Waals surface area contributed by atoms with E-state index in [1.165, 1.54) is 4.68 Å². The highest BCUT2D eigenvalue weighted by Gasteiger charge is 2.19. The summed E-state index contributed by atoms with van der Waals surface area (Å²) in [6.45, 7) is 5.89. The lowest BCUT2D eigenvalue weighted by atomic mass is 10.3. The van der Waals surface area contributed by atoms with Gasteiger partial charge in [-0.25, -0.2) is 9.48 Å². The van der Waals surface area contributed by atoms with Crippen LogP contribution in [0.1, 0.15) is 30.0 Å². The van der Waals surface area contributed by atoms with E-state index in [4.69, 9.17) is 9.47 Å². The number of carbonyl (C=O) groups excluding carboxylic acids is 2. The molecule has 0 aliphatic carbocycles. The molecule has 1 aromatic heterocycles. The fraction of sp³-hybridized carbons (Fsp3) is 0.667. The molecule has 1 N–H and O–H groups in total. The highest BCUT2D eigenvalue weighted by atomic mass is 16.5. The molecule has 0 spiro atoms. The fourth-order valence-corrected chi connectivity index (χ4v) is 1.65. The van der Waals surface area contributed by atoms with Gasteiger partial charge in [0.2, 0.25) is 5.91 Å². The average Bonchev–Trinajstić information content (AvgIpc) is 2.71. The van der Waals surface area contributed by atoms with Crippen molar-refractivity contribution in [2.75, 3.05) is 20.3 Å². The zero-order valence-electron chi connectivity index (χ0n) is 12.2. The van der Waals surface area contributed by atoms with Gasteiger partial charge in [-0.2, -0.15) is 0 Å². The Balaban J connectivity index is 2.65. The molecule has 0 aliphatic rings. The number of carbonyl (C=O) groups is 2. The normalized spacial score (nSPS) is 12.0. The summed E-state index contributed by atoms with van der Waals surface area (Å²) in [6.07, 6.45) is 0. The van der Waals surface area contributed by atoms with Gasteiger partial charge >= 0.3 is 5.97 Å². The first-order valence-electron chi connectivity index (χ1n) is 6.35. The van der Waals surface area contributed by atoms with Gasteiger partial charge in [-0.3, -0.25) is 4.79 Å². The van der Waals surface area contributed by atoms with Crippen molar-refractivity contribution >= 4 is 11.9 Å². The Bertz CT molecular complexity index is 472. The van der Waals surface area contributed by atoms with Crippen molar-refractivity contribution in [3.63, 3.8) is 0 Å². The van der Waals surface area contributed by atoms with Crippen LogP contribution in [0.15, 0.2) is 0 Å². The standard InChI is InChI=1S/C12H20N4O4/c1-5-20-12(18)11-9(3)16(15-14-11)6-10(17)13-8(2)7-19-4/h8H,5-7H2,1-4H3,(H,13,17). The van der Waals surface area contributed by atoms with Gasteiger partial charge in [0, 0.05) is 13.2 Å². The van der Waals surface area contributed by atoms with E-state index in [9.17, 15) is 9.59 Å². The van der Waals surface area contributed by atoms with E-state index in [2.05, 4.69) is 15.6 Å². The molecule has 0 saturated heterocycles. The van der Waals surface area contributed by atoms with Gasteiger partial charge in [0.15, 0.2) is 5.69 Å². The van der Waals surface area contributed by atoms with Gasteiger partial charge in [0.05, 0.1) is 18.9 Å². The van der Waals surface area contributed by atoms with Crippen LogP contribution in [-0.4, -0.2) is 53.2 Å². The second-order valence-corrected chi connectivity index (χ2v) is 4.33. The van der Waals surface area contributed by atoms with Crippen molar-refractivity contribution in [1.82, 2.24) is 20.3 Å². The van der Waals surface area contributed by atoms with Crippen molar-refractivity contribution < 1.29 is 19.1 Å². The van der Waals surface area contributed by atoms with Crippen LogP contribution in [0.25, 0.3) is 0 Å². The molecule has 0 radical (unpaired) electrons. The molecule has 20 heavy (non-hydrogen) atoms. The Morgan fingerprint density at radius 2 is 2.15 bits per heavy atom. The molecular formula is C12H20N4O4. The first-order valence-corrected chi connectivity index (χ1v) is 6.35. The number of ether oxygens (including phenoxy) is 2.